The number of quaternary nitrogens is 1. The molecule has 0 saturated carbocycles. The van der Waals surface area contributed by atoms with Crippen LogP contribution >= 0.6 is 0 Å². The second-order valence-corrected chi connectivity index (χ2v) is 6.08. The fourth-order valence-electron chi connectivity index (χ4n) is 3.49. The molecule has 104 valence electrons. The van der Waals surface area contributed by atoms with Crippen LogP contribution in [0.25, 0.3) is 0 Å². The van der Waals surface area contributed by atoms with E-state index >= 15 is 0 Å². The third kappa shape index (κ3) is 2.54. The lowest BCUT2D eigenvalue weighted by Crippen LogP contribution is -2.42. The SMILES string of the molecule is C[N@+]1(Cc2ccccc2)CCCC1c1ccc(N)[nH+]c1. The Morgan fingerprint density at radius 3 is 2.70 bits per heavy atom. The molecule has 2 aromatic rings. The molecule has 3 N–H and O–H groups in total. The lowest BCUT2D eigenvalue weighted by atomic mass is 10.0. The minimum atomic E-state index is 0.562. The molecule has 1 aromatic heterocycles. The highest BCUT2D eigenvalue weighted by Gasteiger charge is 2.39. The average Bonchev–Trinajstić information content (AvgIpc) is 2.82. The summed E-state index contributed by atoms with van der Waals surface area (Å²) in [5, 5.41) is 0. The maximum atomic E-state index is 5.76. The van der Waals surface area contributed by atoms with Crippen LogP contribution in [0.5, 0.6) is 0 Å². The van der Waals surface area contributed by atoms with Gasteiger partial charge in [0.05, 0.1) is 19.8 Å². The van der Waals surface area contributed by atoms with Crippen LogP contribution in [0.1, 0.15) is 30.0 Å². The van der Waals surface area contributed by atoms with E-state index in [1.807, 2.05) is 6.07 Å². The zero-order chi connectivity index (χ0) is 14.0. The first-order valence-corrected chi connectivity index (χ1v) is 7.33. The Morgan fingerprint density at radius 2 is 2.00 bits per heavy atom. The number of aromatic nitrogens is 1. The molecule has 2 atom stereocenters. The number of nitrogens with zero attached hydrogens (tertiary/aromatic N) is 1. The molecule has 0 aliphatic carbocycles. The predicted octanol–water partition coefficient (Wildman–Crippen LogP) is 2.56. The average molecular weight is 269 g/mol. The van der Waals surface area contributed by atoms with Crippen molar-refractivity contribution in [3.8, 4) is 0 Å². The topological polar surface area (TPSA) is 40.2 Å². The largest absolute Gasteiger partial charge is 0.316 e. The number of rotatable bonds is 3. The molecule has 2 heterocycles. The van der Waals surface area contributed by atoms with E-state index in [0.717, 1.165) is 16.8 Å². The summed E-state index contributed by atoms with van der Waals surface area (Å²) in [7, 11) is 2.38. The van der Waals surface area contributed by atoms with Gasteiger partial charge in [-0.15, -0.1) is 0 Å². The molecule has 3 heteroatoms. The van der Waals surface area contributed by atoms with Crippen LogP contribution in [0, 0.1) is 0 Å². The molecule has 0 radical (unpaired) electrons. The molecule has 3 rings (SSSR count). The fourth-order valence-corrected chi connectivity index (χ4v) is 3.49. The van der Waals surface area contributed by atoms with E-state index in [-0.39, 0.29) is 0 Å². The standard InChI is InChI=1S/C17H22N3/c1-20(13-14-6-3-2-4-7-14)11-5-8-16(20)15-9-10-17(18)19-12-15/h2-4,6-7,9-10,12,16H,5,8,11,13H2,1H3,(H2,18,19)/q+1/p+1/t16?,20-/m1/s1. The third-order valence-corrected chi connectivity index (χ3v) is 4.53. The summed E-state index contributed by atoms with van der Waals surface area (Å²) in [4.78, 5) is 3.15. The number of H-pyrrole nitrogens is 1. The Hall–Kier alpha value is -1.87. The molecule has 0 amide bonds. The smallest absolute Gasteiger partial charge is 0.270 e. The molecule has 20 heavy (non-hydrogen) atoms. The minimum absolute atomic E-state index is 0.562. The highest BCUT2D eigenvalue weighted by Crippen LogP contribution is 2.38. The second kappa shape index (κ2) is 5.25. The molecule has 1 saturated heterocycles. The van der Waals surface area contributed by atoms with Crippen molar-refractivity contribution in [2.75, 3.05) is 19.3 Å². The molecule has 0 bridgehead atoms. The molecular formula is C17H23N3+2. The van der Waals surface area contributed by atoms with Crippen molar-refractivity contribution in [3.05, 3.63) is 59.8 Å². The molecule has 1 fully saturated rings. The fraction of sp³-hybridized carbons (Fsp3) is 0.353. The number of anilines is 1. The Bertz CT molecular complexity index is 565. The van der Waals surface area contributed by atoms with E-state index in [0.29, 0.717) is 6.04 Å². The highest BCUT2D eigenvalue weighted by atomic mass is 15.4. The van der Waals surface area contributed by atoms with Crippen LogP contribution in [0.3, 0.4) is 0 Å². The van der Waals surface area contributed by atoms with E-state index < -0.39 is 0 Å². The van der Waals surface area contributed by atoms with Crippen molar-refractivity contribution in [2.45, 2.75) is 25.4 Å². The van der Waals surface area contributed by atoms with Gasteiger partial charge in [-0.25, -0.2) is 4.98 Å². The molecular weight excluding hydrogens is 246 g/mol. The van der Waals surface area contributed by atoms with Gasteiger partial charge in [0.25, 0.3) is 5.82 Å². The summed E-state index contributed by atoms with van der Waals surface area (Å²) in [5.74, 6) is 0.726. The van der Waals surface area contributed by atoms with E-state index in [9.17, 15) is 0 Å². The number of benzene rings is 1. The van der Waals surface area contributed by atoms with E-state index in [1.54, 1.807) is 0 Å². The lowest BCUT2D eigenvalue weighted by molar-refractivity contribution is -0.939. The maximum absolute atomic E-state index is 5.76. The highest BCUT2D eigenvalue weighted by molar-refractivity contribution is 5.24. The summed E-state index contributed by atoms with van der Waals surface area (Å²) in [6, 6.07) is 15.5. The number of nitrogens with two attached hydrogens (primary N) is 1. The molecule has 1 aliphatic rings. The molecule has 3 nitrogen and oxygen atoms in total. The normalized spacial score (nSPS) is 25.8. The van der Waals surface area contributed by atoms with Gasteiger partial charge in [0.2, 0.25) is 0 Å². The van der Waals surface area contributed by atoms with Gasteiger partial charge in [-0.3, -0.25) is 5.73 Å². The number of pyridine rings is 1. The van der Waals surface area contributed by atoms with Gasteiger partial charge >= 0.3 is 0 Å². The van der Waals surface area contributed by atoms with Gasteiger partial charge in [-0.1, -0.05) is 30.3 Å². The van der Waals surface area contributed by atoms with Crippen LogP contribution in [0.4, 0.5) is 5.82 Å². The summed E-state index contributed by atoms with van der Waals surface area (Å²) in [5.41, 5.74) is 8.54. The van der Waals surface area contributed by atoms with Crippen molar-refractivity contribution in [1.29, 1.82) is 0 Å². The number of likely N-dealkylation sites (tertiary alicyclic amines) is 1. The number of nitrogens with one attached hydrogen (secondary N) is 1. The van der Waals surface area contributed by atoms with Crippen molar-refractivity contribution in [3.63, 3.8) is 0 Å². The zero-order valence-corrected chi connectivity index (χ0v) is 12.0. The first-order valence-electron chi connectivity index (χ1n) is 7.33. The first kappa shape index (κ1) is 13.1. The van der Waals surface area contributed by atoms with Gasteiger partial charge < -0.3 is 4.48 Å². The third-order valence-electron chi connectivity index (χ3n) is 4.53. The van der Waals surface area contributed by atoms with Crippen LogP contribution in [-0.2, 0) is 6.54 Å². The van der Waals surface area contributed by atoms with Crippen molar-refractivity contribution >= 4 is 5.82 Å². The van der Waals surface area contributed by atoms with Gasteiger partial charge in [-0.05, 0) is 6.07 Å². The molecule has 1 unspecified atom stereocenters. The van der Waals surface area contributed by atoms with E-state index in [2.05, 4.69) is 54.6 Å². The van der Waals surface area contributed by atoms with Crippen LogP contribution < -0.4 is 10.7 Å². The summed E-state index contributed by atoms with van der Waals surface area (Å²) < 4.78 is 1.09. The zero-order valence-electron chi connectivity index (χ0n) is 12.0. The Kier molecular flexibility index (Phi) is 3.45. The summed E-state index contributed by atoms with van der Waals surface area (Å²) >= 11 is 0. The Morgan fingerprint density at radius 1 is 1.20 bits per heavy atom. The molecule has 0 spiro atoms. The quantitative estimate of drug-likeness (QED) is 0.855. The van der Waals surface area contributed by atoms with Crippen molar-refractivity contribution in [2.24, 2.45) is 0 Å². The monoisotopic (exact) mass is 269 g/mol. The van der Waals surface area contributed by atoms with E-state index in [1.165, 1.54) is 30.5 Å². The lowest BCUT2D eigenvalue weighted by Gasteiger charge is -2.36. The van der Waals surface area contributed by atoms with Crippen molar-refractivity contribution < 1.29 is 9.47 Å². The van der Waals surface area contributed by atoms with Gasteiger partial charge in [0.15, 0.2) is 0 Å². The van der Waals surface area contributed by atoms with Gasteiger partial charge in [0.1, 0.15) is 12.6 Å². The van der Waals surface area contributed by atoms with Crippen molar-refractivity contribution in [1.82, 2.24) is 0 Å². The maximum Gasteiger partial charge on any atom is 0.270 e. The Balaban J connectivity index is 1.85. The second-order valence-electron chi connectivity index (χ2n) is 6.08. The first-order chi connectivity index (χ1) is 9.67. The Labute approximate surface area is 120 Å². The molecule has 1 aromatic carbocycles. The number of hydrogen-bond donors (Lipinski definition) is 1. The molecule has 1 aliphatic heterocycles. The van der Waals surface area contributed by atoms with Gasteiger partial charge in [-0.2, -0.15) is 0 Å². The summed E-state index contributed by atoms with van der Waals surface area (Å²) in [6.45, 7) is 2.33. The van der Waals surface area contributed by atoms with Crippen LogP contribution in [0.2, 0.25) is 0 Å². The predicted molar refractivity (Wildman–Crippen MR) is 80.6 cm³/mol. The van der Waals surface area contributed by atoms with Crippen LogP contribution in [-0.4, -0.2) is 18.1 Å². The minimum Gasteiger partial charge on any atom is -0.316 e. The van der Waals surface area contributed by atoms with Crippen LogP contribution in [0.15, 0.2) is 48.7 Å². The number of nitrogen functional groups attached to an aromatic ring is 1. The number of hydrogen-bond acceptors (Lipinski definition) is 1. The summed E-state index contributed by atoms with van der Waals surface area (Å²) in [6.07, 6.45) is 4.62. The van der Waals surface area contributed by atoms with E-state index in [4.69, 9.17) is 5.73 Å². The number of aromatic amines is 1. The van der Waals surface area contributed by atoms with Gasteiger partial charge in [0, 0.05) is 30.0 Å².